The van der Waals surface area contributed by atoms with Crippen LogP contribution in [0.3, 0.4) is 0 Å². The lowest BCUT2D eigenvalue weighted by atomic mass is 10.2. The van der Waals surface area contributed by atoms with Gasteiger partial charge in [-0.3, -0.25) is 9.10 Å². The maximum absolute atomic E-state index is 13.2. The van der Waals surface area contributed by atoms with E-state index in [9.17, 15) is 13.2 Å². The van der Waals surface area contributed by atoms with E-state index in [1.54, 1.807) is 63.5 Å². The molecule has 0 saturated carbocycles. The highest BCUT2D eigenvalue weighted by atomic mass is 32.2. The van der Waals surface area contributed by atoms with Crippen molar-refractivity contribution in [1.82, 2.24) is 4.90 Å². The van der Waals surface area contributed by atoms with Crippen molar-refractivity contribution in [3.63, 3.8) is 0 Å². The van der Waals surface area contributed by atoms with E-state index < -0.39 is 10.0 Å². The third-order valence-corrected chi connectivity index (χ3v) is 5.55. The zero-order chi connectivity index (χ0) is 18.6. The summed E-state index contributed by atoms with van der Waals surface area (Å²) in [4.78, 5) is 13.6. The number of likely N-dealkylation sites (N-methyl/N-ethyl adjacent to an activating group) is 1. The van der Waals surface area contributed by atoms with Crippen LogP contribution in [0.25, 0.3) is 0 Å². The van der Waals surface area contributed by atoms with Crippen LogP contribution in [0.15, 0.2) is 53.4 Å². The normalized spacial score (nSPS) is 11.0. The Balaban J connectivity index is 2.51. The second-order valence-electron chi connectivity index (χ2n) is 5.77. The predicted octanol–water partition coefficient (Wildman–Crippen LogP) is 2.29. The van der Waals surface area contributed by atoms with E-state index in [0.717, 1.165) is 4.31 Å². The number of methoxy groups -OCH3 is 1. The number of ether oxygens (including phenoxy) is 1. The fraction of sp³-hybridized carbons (Fsp3) is 0.278. The Kier molecular flexibility index (Phi) is 5.69. The van der Waals surface area contributed by atoms with Gasteiger partial charge >= 0.3 is 0 Å². The molecule has 0 aliphatic rings. The molecule has 2 rings (SSSR count). The first-order valence-corrected chi connectivity index (χ1v) is 9.14. The summed E-state index contributed by atoms with van der Waals surface area (Å²) in [5.74, 6) is 0.298. The molecule has 0 bridgehead atoms. The number of amides is 1. The van der Waals surface area contributed by atoms with Gasteiger partial charge in [-0.25, -0.2) is 8.42 Å². The van der Waals surface area contributed by atoms with Crippen LogP contribution >= 0.6 is 0 Å². The van der Waals surface area contributed by atoms with Crippen molar-refractivity contribution in [2.45, 2.75) is 11.8 Å². The Morgan fingerprint density at radius 1 is 1.08 bits per heavy atom. The molecular weight excluding hydrogens is 340 g/mol. The van der Waals surface area contributed by atoms with Crippen molar-refractivity contribution < 1.29 is 17.9 Å². The topological polar surface area (TPSA) is 66.9 Å². The number of nitrogens with zero attached hydrogens (tertiary/aromatic N) is 2. The van der Waals surface area contributed by atoms with Gasteiger partial charge in [-0.1, -0.05) is 18.2 Å². The van der Waals surface area contributed by atoms with Crippen LogP contribution in [-0.4, -0.2) is 47.0 Å². The number of hydrogen-bond donors (Lipinski definition) is 0. The van der Waals surface area contributed by atoms with E-state index in [4.69, 9.17) is 4.74 Å². The molecule has 134 valence electrons. The van der Waals surface area contributed by atoms with Crippen molar-refractivity contribution in [2.75, 3.05) is 32.1 Å². The van der Waals surface area contributed by atoms with Gasteiger partial charge in [0.2, 0.25) is 5.91 Å². The molecule has 0 atom stereocenters. The third-order valence-electron chi connectivity index (χ3n) is 3.78. The average molecular weight is 362 g/mol. The average Bonchev–Trinajstić information content (AvgIpc) is 2.59. The van der Waals surface area contributed by atoms with Crippen LogP contribution in [0.4, 0.5) is 5.69 Å². The predicted molar refractivity (Wildman–Crippen MR) is 97.4 cm³/mol. The van der Waals surface area contributed by atoms with Crippen molar-refractivity contribution in [1.29, 1.82) is 0 Å². The molecule has 0 aliphatic carbocycles. The van der Waals surface area contributed by atoms with Crippen LogP contribution < -0.4 is 9.04 Å². The molecule has 2 aromatic rings. The molecule has 25 heavy (non-hydrogen) atoms. The first kappa shape index (κ1) is 18.8. The van der Waals surface area contributed by atoms with Gasteiger partial charge in [0, 0.05) is 14.1 Å². The Hall–Kier alpha value is -2.54. The molecule has 0 heterocycles. The van der Waals surface area contributed by atoms with Gasteiger partial charge in [0.15, 0.2) is 0 Å². The minimum Gasteiger partial charge on any atom is -0.496 e. The zero-order valence-corrected chi connectivity index (χ0v) is 15.6. The smallest absolute Gasteiger partial charge is 0.264 e. The zero-order valence-electron chi connectivity index (χ0n) is 14.8. The first-order chi connectivity index (χ1) is 11.8. The standard InChI is InChI=1S/C18H22N2O4S/c1-14-12-16(10-11-17(14)24-4)25(22,23)20(13-18(21)19(2)3)15-8-6-5-7-9-15/h5-12H,13H2,1-4H3. The molecule has 0 spiro atoms. The van der Waals surface area contributed by atoms with E-state index in [2.05, 4.69) is 0 Å². The molecule has 6 nitrogen and oxygen atoms in total. The van der Waals surface area contributed by atoms with Crippen molar-refractivity contribution in [2.24, 2.45) is 0 Å². The van der Waals surface area contributed by atoms with E-state index in [0.29, 0.717) is 17.0 Å². The number of rotatable bonds is 6. The lowest BCUT2D eigenvalue weighted by Gasteiger charge is -2.25. The molecule has 0 unspecified atom stereocenters. The number of sulfonamides is 1. The lowest BCUT2D eigenvalue weighted by molar-refractivity contribution is -0.127. The quantitative estimate of drug-likeness (QED) is 0.791. The summed E-state index contributed by atoms with van der Waals surface area (Å²) in [6.07, 6.45) is 0. The molecule has 0 saturated heterocycles. The van der Waals surface area contributed by atoms with Crippen molar-refractivity contribution in [3.05, 3.63) is 54.1 Å². The minimum atomic E-state index is -3.90. The van der Waals surface area contributed by atoms with Crippen LogP contribution in [0.2, 0.25) is 0 Å². The molecule has 0 N–H and O–H groups in total. The molecule has 0 aliphatic heterocycles. The maximum atomic E-state index is 13.2. The van der Waals surface area contributed by atoms with Gasteiger partial charge in [-0.15, -0.1) is 0 Å². The summed E-state index contributed by atoms with van der Waals surface area (Å²) in [6, 6.07) is 13.2. The second-order valence-corrected chi connectivity index (χ2v) is 7.63. The highest BCUT2D eigenvalue weighted by molar-refractivity contribution is 7.92. The van der Waals surface area contributed by atoms with Gasteiger partial charge in [-0.05, 0) is 42.8 Å². The highest BCUT2D eigenvalue weighted by Gasteiger charge is 2.28. The SMILES string of the molecule is COc1ccc(S(=O)(=O)N(CC(=O)N(C)C)c2ccccc2)cc1C. The third kappa shape index (κ3) is 4.11. The number of hydrogen-bond acceptors (Lipinski definition) is 4. The van der Waals surface area contributed by atoms with Gasteiger partial charge in [0.25, 0.3) is 10.0 Å². The van der Waals surface area contributed by atoms with E-state index >= 15 is 0 Å². The summed E-state index contributed by atoms with van der Waals surface area (Å²) in [5, 5.41) is 0. The van der Waals surface area contributed by atoms with Gasteiger partial charge in [0.1, 0.15) is 12.3 Å². The highest BCUT2D eigenvalue weighted by Crippen LogP contribution is 2.27. The summed E-state index contributed by atoms with van der Waals surface area (Å²) in [5.41, 5.74) is 1.14. The molecule has 7 heteroatoms. The number of para-hydroxylation sites is 1. The van der Waals surface area contributed by atoms with Gasteiger partial charge in [0.05, 0.1) is 17.7 Å². The molecule has 1 amide bonds. The van der Waals surface area contributed by atoms with Crippen molar-refractivity contribution >= 4 is 21.6 Å². The van der Waals surface area contributed by atoms with E-state index in [1.807, 2.05) is 0 Å². The minimum absolute atomic E-state index is 0.112. The van der Waals surface area contributed by atoms with Gasteiger partial charge in [-0.2, -0.15) is 0 Å². The number of anilines is 1. The molecular formula is C18H22N2O4S. The first-order valence-electron chi connectivity index (χ1n) is 7.70. The number of carbonyl (C=O) groups is 1. The van der Waals surface area contributed by atoms with E-state index in [-0.39, 0.29) is 17.3 Å². The fourth-order valence-electron chi connectivity index (χ4n) is 2.31. The molecule has 2 aromatic carbocycles. The maximum Gasteiger partial charge on any atom is 0.264 e. The lowest BCUT2D eigenvalue weighted by Crippen LogP contribution is -2.40. The van der Waals surface area contributed by atoms with Gasteiger partial charge < -0.3 is 9.64 Å². The Bertz CT molecular complexity index is 849. The van der Waals surface area contributed by atoms with E-state index in [1.165, 1.54) is 18.1 Å². The fourth-order valence-corrected chi connectivity index (χ4v) is 3.81. The summed E-state index contributed by atoms with van der Waals surface area (Å²) in [7, 11) is 0.816. The summed E-state index contributed by atoms with van der Waals surface area (Å²) in [6.45, 7) is 1.50. The summed E-state index contributed by atoms with van der Waals surface area (Å²) >= 11 is 0. The number of carbonyl (C=O) groups excluding carboxylic acids is 1. The molecule has 0 radical (unpaired) electrons. The van der Waals surface area contributed by atoms with Crippen LogP contribution in [0.5, 0.6) is 5.75 Å². The monoisotopic (exact) mass is 362 g/mol. The number of aryl methyl sites for hydroxylation is 1. The van der Waals surface area contributed by atoms with Crippen LogP contribution in [-0.2, 0) is 14.8 Å². The molecule has 0 aromatic heterocycles. The van der Waals surface area contributed by atoms with Crippen LogP contribution in [0.1, 0.15) is 5.56 Å². The Morgan fingerprint density at radius 3 is 2.24 bits per heavy atom. The summed E-state index contributed by atoms with van der Waals surface area (Å²) < 4.78 is 32.6. The van der Waals surface area contributed by atoms with Crippen molar-refractivity contribution in [3.8, 4) is 5.75 Å². The number of benzene rings is 2. The van der Waals surface area contributed by atoms with Crippen LogP contribution in [0, 0.1) is 6.92 Å². The Labute approximate surface area is 148 Å². The second kappa shape index (κ2) is 7.57. The molecule has 0 fully saturated rings. The Morgan fingerprint density at radius 2 is 1.72 bits per heavy atom. The largest absolute Gasteiger partial charge is 0.496 e.